The minimum atomic E-state index is -2.15. The summed E-state index contributed by atoms with van der Waals surface area (Å²) in [7, 11) is 0. The molecule has 1 rings (SSSR count). The summed E-state index contributed by atoms with van der Waals surface area (Å²) in [6.07, 6.45) is -3.92. The number of aliphatic hydroxyl groups excluding tert-OH is 2. The second-order valence-corrected chi connectivity index (χ2v) is 3.29. The largest absolute Gasteiger partial charge is 0.504 e. The molecule has 2 unspecified atom stereocenters. The van der Waals surface area contributed by atoms with Gasteiger partial charge in [-0.2, -0.15) is 0 Å². The Balaban J connectivity index is 3.19. The van der Waals surface area contributed by atoms with Crippen LogP contribution < -0.4 is 0 Å². The Morgan fingerprint density at radius 3 is 2.41 bits per heavy atom. The van der Waals surface area contributed by atoms with Crippen LogP contribution in [0.1, 0.15) is 22.0 Å². The summed E-state index contributed by atoms with van der Waals surface area (Å²) in [4.78, 5) is 20.9. The van der Waals surface area contributed by atoms with E-state index in [0.717, 1.165) is 6.07 Å². The average molecular weight is 244 g/mol. The van der Waals surface area contributed by atoms with Crippen molar-refractivity contribution in [3.05, 3.63) is 29.1 Å². The van der Waals surface area contributed by atoms with E-state index < -0.39 is 35.3 Å². The maximum Gasteiger partial charge on any atom is 0.335 e. The number of aromatic hydroxyl groups is 1. The predicted molar refractivity (Wildman–Crippen MR) is 52.1 cm³/mol. The van der Waals surface area contributed by atoms with E-state index in [-0.39, 0.29) is 11.8 Å². The lowest BCUT2D eigenvalue weighted by atomic mass is 10.0. The van der Waals surface area contributed by atoms with E-state index in [0.29, 0.717) is 6.07 Å². The molecule has 0 heterocycles. The number of halogens is 1. The number of phenols is 1. The molecule has 0 bridgehead atoms. The third kappa shape index (κ3) is 2.58. The summed E-state index contributed by atoms with van der Waals surface area (Å²) in [6, 6.07) is 1.53. The molecule has 0 spiro atoms. The molecule has 1 aromatic carbocycles. The number of carboxylic acids is 1. The minimum absolute atomic E-state index is 0.141. The molecule has 1 aromatic rings. The molecular weight excluding hydrogens is 235 g/mol. The maximum absolute atomic E-state index is 13.1. The van der Waals surface area contributed by atoms with Crippen LogP contribution in [0.2, 0.25) is 0 Å². The van der Waals surface area contributed by atoms with Gasteiger partial charge in [-0.3, -0.25) is 4.79 Å². The van der Waals surface area contributed by atoms with Gasteiger partial charge in [-0.1, -0.05) is 0 Å². The van der Waals surface area contributed by atoms with Crippen LogP contribution in [0.15, 0.2) is 12.1 Å². The van der Waals surface area contributed by atoms with Gasteiger partial charge in [0.05, 0.1) is 5.56 Å². The zero-order valence-electron chi connectivity index (χ0n) is 8.37. The molecular formula is C10H9FO6. The topological polar surface area (TPSA) is 115 Å². The molecule has 0 fully saturated rings. The van der Waals surface area contributed by atoms with E-state index in [1.807, 2.05) is 0 Å². The van der Waals surface area contributed by atoms with Gasteiger partial charge in [-0.05, 0) is 17.7 Å². The number of aliphatic hydroxyl groups is 2. The normalized spacial score (nSPS) is 14.1. The predicted octanol–water partition coefficient (Wildman–Crippen LogP) is -0.177. The first kappa shape index (κ1) is 13.1. The summed E-state index contributed by atoms with van der Waals surface area (Å²) in [5.74, 6) is -3.79. The van der Waals surface area contributed by atoms with Crippen molar-refractivity contribution in [1.29, 1.82) is 0 Å². The van der Waals surface area contributed by atoms with Crippen LogP contribution in [0.3, 0.4) is 0 Å². The summed E-state index contributed by atoms with van der Waals surface area (Å²) in [5.41, 5.74) is -0.770. The zero-order valence-corrected chi connectivity index (χ0v) is 8.37. The summed E-state index contributed by atoms with van der Waals surface area (Å²) < 4.78 is 13.1. The lowest BCUT2D eigenvalue weighted by Gasteiger charge is -2.15. The van der Waals surface area contributed by atoms with Crippen molar-refractivity contribution >= 4 is 12.3 Å². The van der Waals surface area contributed by atoms with E-state index in [2.05, 4.69) is 0 Å². The van der Waals surface area contributed by atoms with Gasteiger partial charge in [0.2, 0.25) is 0 Å². The number of hydrogen-bond donors (Lipinski definition) is 4. The first-order chi connectivity index (χ1) is 7.88. The smallest absolute Gasteiger partial charge is 0.335 e. The molecule has 0 aliphatic rings. The third-order valence-electron chi connectivity index (χ3n) is 2.14. The highest BCUT2D eigenvalue weighted by atomic mass is 19.1. The Kier molecular flexibility index (Phi) is 3.77. The van der Waals surface area contributed by atoms with Crippen LogP contribution in [0.4, 0.5) is 4.39 Å². The molecule has 17 heavy (non-hydrogen) atoms. The summed E-state index contributed by atoms with van der Waals surface area (Å²) >= 11 is 0. The lowest BCUT2D eigenvalue weighted by molar-refractivity contribution is -0.153. The van der Waals surface area contributed by atoms with Crippen LogP contribution in [0.5, 0.6) is 5.75 Å². The van der Waals surface area contributed by atoms with Crippen LogP contribution in [0, 0.1) is 5.82 Å². The van der Waals surface area contributed by atoms with Crippen molar-refractivity contribution in [3.8, 4) is 5.75 Å². The Bertz CT molecular complexity index is 458. The van der Waals surface area contributed by atoms with Gasteiger partial charge in [-0.15, -0.1) is 0 Å². The molecule has 6 nitrogen and oxygen atoms in total. The quantitative estimate of drug-likeness (QED) is 0.546. The Hall–Kier alpha value is -1.99. The fourth-order valence-corrected chi connectivity index (χ4v) is 1.22. The fourth-order valence-electron chi connectivity index (χ4n) is 1.22. The molecule has 0 aliphatic heterocycles. The van der Waals surface area contributed by atoms with Crippen LogP contribution >= 0.6 is 0 Å². The average Bonchev–Trinajstić information content (AvgIpc) is 2.30. The van der Waals surface area contributed by atoms with Crippen molar-refractivity contribution in [2.45, 2.75) is 12.2 Å². The van der Waals surface area contributed by atoms with Gasteiger partial charge in [0.15, 0.2) is 24.0 Å². The fraction of sp³-hybridized carbons (Fsp3) is 0.200. The molecule has 0 saturated heterocycles. The highest BCUT2D eigenvalue weighted by Crippen LogP contribution is 2.26. The first-order valence-electron chi connectivity index (χ1n) is 4.45. The zero-order chi connectivity index (χ0) is 13.2. The first-order valence-corrected chi connectivity index (χ1v) is 4.45. The van der Waals surface area contributed by atoms with Gasteiger partial charge in [0.25, 0.3) is 0 Å². The second-order valence-electron chi connectivity index (χ2n) is 3.29. The number of phenolic OH excluding ortho intramolecular Hbond substituents is 1. The summed E-state index contributed by atoms with van der Waals surface area (Å²) in [5, 5.41) is 36.0. The minimum Gasteiger partial charge on any atom is -0.504 e. The number of benzene rings is 1. The third-order valence-corrected chi connectivity index (χ3v) is 2.14. The Morgan fingerprint density at radius 2 is 1.94 bits per heavy atom. The van der Waals surface area contributed by atoms with Gasteiger partial charge in [0, 0.05) is 0 Å². The van der Waals surface area contributed by atoms with Gasteiger partial charge in [-0.25, -0.2) is 9.18 Å². The number of rotatable bonds is 4. The molecule has 0 aliphatic carbocycles. The van der Waals surface area contributed by atoms with Gasteiger partial charge < -0.3 is 20.4 Å². The molecule has 92 valence electrons. The molecule has 0 saturated carbocycles. The number of aldehydes is 1. The van der Waals surface area contributed by atoms with E-state index in [1.54, 1.807) is 0 Å². The van der Waals surface area contributed by atoms with E-state index in [1.165, 1.54) is 0 Å². The molecule has 4 N–H and O–H groups in total. The number of carboxylic acid groups (broad SMARTS) is 1. The van der Waals surface area contributed by atoms with Crippen LogP contribution in [-0.2, 0) is 4.79 Å². The van der Waals surface area contributed by atoms with Crippen molar-refractivity contribution in [2.24, 2.45) is 0 Å². The second kappa shape index (κ2) is 4.89. The van der Waals surface area contributed by atoms with Crippen molar-refractivity contribution < 1.29 is 34.4 Å². The Morgan fingerprint density at radius 1 is 1.35 bits per heavy atom. The number of carbonyl (C=O) groups is 2. The van der Waals surface area contributed by atoms with Crippen molar-refractivity contribution in [3.63, 3.8) is 0 Å². The van der Waals surface area contributed by atoms with Gasteiger partial charge in [0.1, 0.15) is 6.10 Å². The number of hydrogen-bond acceptors (Lipinski definition) is 5. The standard InChI is InChI=1S/C10H9FO6/c11-6-2-4(1-5(3-12)7(6)13)8(14)9(15)10(16)17/h1-3,8-9,13-15H,(H,16,17). The Labute approximate surface area is 94.6 Å². The van der Waals surface area contributed by atoms with Crippen LogP contribution in [0.25, 0.3) is 0 Å². The molecule has 0 amide bonds. The SMILES string of the molecule is O=Cc1cc(C(O)C(O)C(=O)O)cc(F)c1O. The molecule has 2 atom stereocenters. The van der Waals surface area contributed by atoms with E-state index in [4.69, 9.17) is 15.3 Å². The monoisotopic (exact) mass is 244 g/mol. The highest BCUT2D eigenvalue weighted by Gasteiger charge is 2.26. The molecule has 0 aromatic heterocycles. The van der Waals surface area contributed by atoms with Crippen molar-refractivity contribution in [1.82, 2.24) is 0 Å². The molecule has 0 radical (unpaired) electrons. The molecule has 7 heteroatoms. The van der Waals surface area contributed by atoms with E-state index in [9.17, 15) is 19.1 Å². The highest BCUT2D eigenvalue weighted by molar-refractivity contribution is 5.80. The van der Waals surface area contributed by atoms with Crippen LogP contribution in [-0.4, -0.2) is 38.8 Å². The number of aliphatic carboxylic acids is 1. The maximum atomic E-state index is 13.1. The van der Waals surface area contributed by atoms with E-state index >= 15 is 0 Å². The lowest BCUT2D eigenvalue weighted by Crippen LogP contribution is -2.27. The van der Waals surface area contributed by atoms with Crippen molar-refractivity contribution in [2.75, 3.05) is 0 Å². The number of carbonyl (C=O) groups excluding carboxylic acids is 1. The van der Waals surface area contributed by atoms with Gasteiger partial charge >= 0.3 is 5.97 Å². The summed E-state index contributed by atoms with van der Waals surface area (Å²) in [6.45, 7) is 0.